The maximum atomic E-state index is 13.3. The minimum absolute atomic E-state index is 0.156. The van der Waals surface area contributed by atoms with E-state index in [0.717, 1.165) is 52.8 Å². The SMILES string of the molecule is CCCC#CC1=C(c2ccc(CCNC3(C(F)(F)F)CC3)cn2)CC(C2CCCC2)C(C)c2cc(O)ccc21. The first-order valence-corrected chi connectivity index (χ1v) is 14.5. The fourth-order valence-corrected chi connectivity index (χ4v) is 6.56. The summed E-state index contributed by atoms with van der Waals surface area (Å²) in [6.45, 7) is 4.68. The highest BCUT2D eigenvalue weighted by Crippen LogP contribution is 2.50. The van der Waals surface area contributed by atoms with E-state index in [1.54, 1.807) is 6.07 Å². The molecule has 3 aliphatic rings. The van der Waals surface area contributed by atoms with Crippen molar-refractivity contribution in [1.29, 1.82) is 0 Å². The fraction of sp³-hybridized carbons (Fsp3) is 0.545. The second-order valence-corrected chi connectivity index (χ2v) is 11.7. The highest BCUT2D eigenvalue weighted by molar-refractivity contribution is 5.99. The number of phenols is 1. The summed E-state index contributed by atoms with van der Waals surface area (Å²) < 4.78 is 39.8. The van der Waals surface area contributed by atoms with E-state index in [9.17, 15) is 18.3 Å². The lowest BCUT2D eigenvalue weighted by Gasteiger charge is -2.29. The maximum Gasteiger partial charge on any atom is 0.406 e. The number of hydrogen-bond acceptors (Lipinski definition) is 3. The molecule has 0 aliphatic heterocycles. The number of alkyl halides is 3. The van der Waals surface area contributed by atoms with Crippen molar-refractivity contribution >= 4 is 11.1 Å². The first-order chi connectivity index (χ1) is 18.7. The van der Waals surface area contributed by atoms with Crippen molar-refractivity contribution in [2.45, 2.75) is 95.7 Å². The van der Waals surface area contributed by atoms with E-state index in [1.165, 1.54) is 25.7 Å². The predicted octanol–water partition coefficient (Wildman–Crippen LogP) is 8.04. The summed E-state index contributed by atoms with van der Waals surface area (Å²) in [6, 6.07) is 9.69. The van der Waals surface area contributed by atoms with E-state index in [1.807, 2.05) is 30.5 Å². The van der Waals surface area contributed by atoms with Gasteiger partial charge in [-0.05, 0) is 96.4 Å². The van der Waals surface area contributed by atoms with Gasteiger partial charge in [0.25, 0.3) is 0 Å². The van der Waals surface area contributed by atoms with Crippen LogP contribution in [0.1, 0.15) is 99.9 Å². The van der Waals surface area contributed by atoms with Crippen LogP contribution in [0.15, 0.2) is 36.5 Å². The van der Waals surface area contributed by atoms with Crippen molar-refractivity contribution in [3.8, 4) is 17.6 Å². The zero-order valence-electron chi connectivity index (χ0n) is 23.0. The number of rotatable bonds is 7. The number of hydrogen-bond donors (Lipinski definition) is 2. The van der Waals surface area contributed by atoms with Crippen LogP contribution in [0.2, 0.25) is 0 Å². The lowest BCUT2D eigenvalue weighted by atomic mass is 9.75. The van der Waals surface area contributed by atoms with Gasteiger partial charge in [0.05, 0.1) is 5.69 Å². The Morgan fingerprint density at radius 1 is 1.13 bits per heavy atom. The molecule has 208 valence electrons. The van der Waals surface area contributed by atoms with Gasteiger partial charge in [-0.15, -0.1) is 0 Å². The van der Waals surface area contributed by atoms with Crippen LogP contribution >= 0.6 is 0 Å². The van der Waals surface area contributed by atoms with Crippen LogP contribution in [-0.2, 0) is 6.42 Å². The molecule has 3 nitrogen and oxygen atoms in total. The topological polar surface area (TPSA) is 45.2 Å². The Balaban J connectivity index is 1.47. The average Bonchev–Trinajstić information content (AvgIpc) is 3.55. The number of aromatic nitrogens is 1. The fourth-order valence-electron chi connectivity index (χ4n) is 6.56. The summed E-state index contributed by atoms with van der Waals surface area (Å²) in [5, 5.41) is 13.1. The summed E-state index contributed by atoms with van der Waals surface area (Å²) >= 11 is 0. The van der Waals surface area contributed by atoms with E-state index in [0.29, 0.717) is 18.3 Å². The molecule has 2 aromatic rings. The Labute approximate surface area is 230 Å². The lowest BCUT2D eigenvalue weighted by Crippen LogP contribution is -2.45. The van der Waals surface area contributed by atoms with Gasteiger partial charge >= 0.3 is 6.18 Å². The first-order valence-electron chi connectivity index (χ1n) is 14.5. The van der Waals surface area contributed by atoms with Crippen molar-refractivity contribution in [2.75, 3.05) is 6.54 Å². The molecule has 0 saturated heterocycles. The van der Waals surface area contributed by atoms with Crippen LogP contribution < -0.4 is 5.32 Å². The Kier molecular flexibility index (Phi) is 8.10. The van der Waals surface area contributed by atoms with Gasteiger partial charge in [0.15, 0.2) is 0 Å². The molecule has 6 heteroatoms. The Hall–Kier alpha value is -2.78. The molecule has 2 N–H and O–H groups in total. The molecule has 39 heavy (non-hydrogen) atoms. The molecule has 0 bridgehead atoms. The Morgan fingerprint density at radius 3 is 2.54 bits per heavy atom. The second kappa shape index (κ2) is 11.4. The van der Waals surface area contributed by atoms with Gasteiger partial charge in [-0.1, -0.05) is 57.4 Å². The maximum absolute atomic E-state index is 13.3. The summed E-state index contributed by atoms with van der Waals surface area (Å²) in [5.41, 5.74) is 4.49. The van der Waals surface area contributed by atoms with Crippen LogP contribution in [0.5, 0.6) is 5.75 Å². The van der Waals surface area contributed by atoms with Gasteiger partial charge in [-0.3, -0.25) is 4.98 Å². The van der Waals surface area contributed by atoms with Crippen molar-refractivity contribution in [3.05, 3.63) is 58.9 Å². The number of pyridine rings is 1. The minimum atomic E-state index is -4.20. The molecule has 2 unspecified atom stereocenters. The highest BCUT2D eigenvalue weighted by atomic mass is 19.4. The Morgan fingerprint density at radius 2 is 1.90 bits per heavy atom. The largest absolute Gasteiger partial charge is 0.508 e. The molecule has 2 saturated carbocycles. The van der Waals surface area contributed by atoms with Gasteiger partial charge in [0.2, 0.25) is 0 Å². The number of aromatic hydroxyl groups is 1. The zero-order chi connectivity index (χ0) is 27.6. The lowest BCUT2D eigenvalue weighted by molar-refractivity contribution is -0.165. The molecule has 1 heterocycles. The van der Waals surface area contributed by atoms with Crippen LogP contribution in [0.4, 0.5) is 13.2 Å². The van der Waals surface area contributed by atoms with Crippen LogP contribution in [0.25, 0.3) is 11.1 Å². The number of nitrogens with zero attached hydrogens (tertiary/aromatic N) is 1. The standard InChI is InChI=1S/C33H39F3N2O/c1-3-4-5-10-26-27-13-12-25(39)19-29(27)22(2)28(24-8-6-7-9-24)20-30(26)31-14-11-23(21-37-31)15-18-38-32(16-17-32)33(34,35)36/h11-14,19,21-22,24,28,38-39H,3-4,6-9,15-18,20H2,1-2H3. The number of benzene rings is 1. The van der Waals surface area contributed by atoms with Gasteiger partial charge < -0.3 is 10.4 Å². The summed E-state index contributed by atoms with van der Waals surface area (Å²) in [4.78, 5) is 4.85. The molecule has 1 aromatic carbocycles. The van der Waals surface area contributed by atoms with E-state index >= 15 is 0 Å². The van der Waals surface area contributed by atoms with Crippen LogP contribution in [0.3, 0.4) is 0 Å². The van der Waals surface area contributed by atoms with E-state index in [2.05, 4.69) is 31.0 Å². The van der Waals surface area contributed by atoms with E-state index in [-0.39, 0.29) is 31.1 Å². The third-order valence-electron chi connectivity index (χ3n) is 9.08. The number of allylic oxidation sites excluding steroid dienone is 2. The molecule has 0 amide bonds. The molecule has 0 spiro atoms. The van der Waals surface area contributed by atoms with Crippen LogP contribution in [-0.4, -0.2) is 28.4 Å². The smallest absolute Gasteiger partial charge is 0.406 e. The normalized spacial score (nSPS) is 22.7. The van der Waals surface area contributed by atoms with Gasteiger partial charge in [-0.2, -0.15) is 13.2 Å². The summed E-state index contributed by atoms with van der Waals surface area (Å²) in [6.07, 6.45) is 6.07. The summed E-state index contributed by atoms with van der Waals surface area (Å²) in [5.74, 6) is 8.47. The Bertz CT molecular complexity index is 1260. The molecular weight excluding hydrogens is 497 g/mol. The number of halogens is 3. The van der Waals surface area contributed by atoms with Crippen molar-refractivity contribution in [2.24, 2.45) is 11.8 Å². The zero-order valence-corrected chi connectivity index (χ0v) is 23.0. The van der Waals surface area contributed by atoms with Gasteiger partial charge in [-0.25, -0.2) is 0 Å². The molecule has 2 atom stereocenters. The molecule has 3 aliphatic carbocycles. The monoisotopic (exact) mass is 536 g/mol. The van der Waals surface area contributed by atoms with Crippen molar-refractivity contribution in [1.82, 2.24) is 10.3 Å². The molecule has 0 radical (unpaired) electrons. The summed E-state index contributed by atoms with van der Waals surface area (Å²) in [7, 11) is 0. The third kappa shape index (κ3) is 5.89. The van der Waals surface area contributed by atoms with E-state index in [4.69, 9.17) is 4.98 Å². The number of phenolic OH excluding ortho intramolecular Hbond substituents is 1. The number of nitrogens with one attached hydrogen (secondary N) is 1. The third-order valence-corrected chi connectivity index (χ3v) is 9.08. The quantitative estimate of drug-likeness (QED) is 0.352. The molecular formula is C33H39F3N2O. The molecule has 1 aromatic heterocycles. The van der Waals surface area contributed by atoms with Gasteiger partial charge in [0, 0.05) is 24.7 Å². The average molecular weight is 537 g/mol. The van der Waals surface area contributed by atoms with Crippen molar-refractivity contribution in [3.63, 3.8) is 0 Å². The van der Waals surface area contributed by atoms with E-state index < -0.39 is 11.7 Å². The number of fused-ring (bicyclic) bond motifs is 1. The van der Waals surface area contributed by atoms with Gasteiger partial charge in [0.1, 0.15) is 11.3 Å². The van der Waals surface area contributed by atoms with Crippen LogP contribution in [0, 0.1) is 23.7 Å². The first kappa shape index (κ1) is 27.8. The second-order valence-electron chi connectivity index (χ2n) is 11.7. The number of unbranched alkanes of at least 4 members (excludes halogenated alkanes) is 1. The molecule has 2 fully saturated rings. The van der Waals surface area contributed by atoms with Crippen molar-refractivity contribution < 1.29 is 18.3 Å². The molecule has 5 rings (SSSR count). The minimum Gasteiger partial charge on any atom is -0.508 e. The highest BCUT2D eigenvalue weighted by Gasteiger charge is 2.62. The predicted molar refractivity (Wildman–Crippen MR) is 150 cm³/mol.